The van der Waals surface area contributed by atoms with Gasteiger partial charge in [-0.2, -0.15) is 13.2 Å². The lowest BCUT2D eigenvalue weighted by molar-refractivity contribution is -0.141. The third kappa shape index (κ3) is 4.30. The Balaban J connectivity index is 2.88. The van der Waals surface area contributed by atoms with Crippen molar-refractivity contribution in [2.75, 3.05) is 18.5 Å². The summed E-state index contributed by atoms with van der Waals surface area (Å²) in [4.78, 5) is 6.76. The molecule has 1 heterocycles. The smallest absolute Gasteiger partial charge is 0.396 e. The number of rotatable bonds is 4. The summed E-state index contributed by atoms with van der Waals surface area (Å²) in [5.41, 5.74) is -1.58. The Hall–Kier alpha value is -1.08. The van der Waals surface area contributed by atoms with Gasteiger partial charge in [0.05, 0.1) is 0 Å². The summed E-state index contributed by atoms with van der Waals surface area (Å²) in [6.45, 7) is 3.67. The highest BCUT2D eigenvalue weighted by atomic mass is 35.5. The van der Waals surface area contributed by atoms with Crippen LogP contribution in [0.5, 0.6) is 0 Å². The molecule has 0 saturated heterocycles. The van der Waals surface area contributed by atoms with E-state index in [1.165, 1.54) is 0 Å². The first kappa shape index (κ1) is 15.0. The van der Waals surface area contributed by atoms with Crippen LogP contribution in [0.1, 0.15) is 19.5 Å². The lowest BCUT2D eigenvalue weighted by Crippen LogP contribution is -2.27. The van der Waals surface area contributed by atoms with Crippen molar-refractivity contribution >= 4 is 17.4 Å². The normalized spacial score (nSPS) is 12.6. The van der Waals surface area contributed by atoms with Crippen molar-refractivity contribution in [1.29, 1.82) is 0 Å². The molecule has 0 spiro atoms. The summed E-state index contributed by atoms with van der Waals surface area (Å²) in [6, 6.07) is 0.777. The second kappa shape index (κ2) is 5.27. The van der Waals surface area contributed by atoms with E-state index in [2.05, 4.69) is 15.3 Å². The Morgan fingerprint density at radius 1 is 1.33 bits per heavy atom. The first-order valence-corrected chi connectivity index (χ1v) is 5.48. The van der Waals surface area contributed by atoms with Gasteiger partial charge in [-0.25, -0.2) is 9.97 Å². The van der Waals surface area contributed by atoms with Crippen molar-refractivity contribution in [2.45, 2.75) is 20.0 Å². The van der Waals surface area contributed by atoms with Gasteiger partial charge in [-0.05, 0) is 11.6 Å². The predicted molar refractivity (Wildman–Crippen MR) is 61.4 cm³/mol. The van der Waals surface area contributed by atoms with Crippen molar-refractivity contribution in [3.63, 3.8) is 0 Å². The molecule has 0 bridgehead atoms. The molecule has 8 heteroatoms. The Labute approximate surface area is 107 Å². The summed E-state index contributed by atoms with van der Waals surface area (Å²) in [5, 5.41) is 11.2. The molecule has 0 atom stereocenters. The average molecular weight is 284 g/mol. The SMILES string of the molecule is CC(C)(CO)CNc1cc(C(F)(F)F)nc(Cl)n1. The molecule has 1 aromatic rings. The lowest BCUT2D eigenvalue weighted by Gasteiger charge is -2.22. The fourth-order valence-electron chi connectivity index (χ4n) is 1.04. The predicted octanol–water partition coefficient (Wildman–Crippen LogP) is 2.58. The Bertz CT molecular complexity index is 423. The molecule has 0 aliphatic rings. The van der Waals surface area contributed by atoms with E-state index in [4.69, 9.17) is 16.7 Å². The highest BCUT2D eigenvalue weighted by Gasteiger charge is 2.33. The molecule has 1 rings (SSSR count). The van der Waals surface area contributed by atoms with E-state index in [9.17, 15) is 13.2 Å². The molecule has 0 radical (unpaired) electrons. The fourth-order valence-corrected chi connectivity index (χ4v) is 1.22. The molecule has 0 amide bonds. The molecule has 0 aliphatic carbocycles. The first-order chi connectivity index (χ1) is 8.14. The second-order valence-corrected chi connectivity index (χ2v) is 4.92. The summed E-state index contributed by atoms with van der Waals surface area (Å²) < 4.78 is 37.4. The quantitative estimate of drug-likeness (QED) is 0.834. The highest BCUT2D eigenvalue weighted by Crippen LogP contribution is 2.29. The molecule has 0 aromatic carbocycles. The lowest BCUT2D eigenvalue weighted by atomic mass is 9.95. The maximum Gasteiger partial charge on any atom is 0.433 e. The molecule has 2 N–H and O–H groups in total. The van der Waals surface area contributed by atoms with E-state index >= 15 is 0 Å². The summed E-state index contributed by atoms with van der Waals surface area (Å²) >= 11 is 5.43. The van der Waals surface area contributed by atoms with Crippen LogP contribution < -0.4 is 5.32 Å². The van der Waals surface area contributed by atoms with E-state index in [0.29, 0.717) is 0 Å². The number of aromatic nitrogens is 2. The molecular formula is C10H13ClF3N3O. The summed E-state index contributed by atoms with van der Waals surface area (Å²) in [6.07, 6.45) is -4.57. The number of nitrogens with zero attached hydrogens (tertiary/aromatic N) is 2. The molecule has 0 aliphatic heterocycles. The standard InChI is InChI=1S/C10H13ClF3N3O/c1-9(2,5-18)4-15-7-3-6(10(12,13)14)16-8(11)17-7/h3,18H,4-5H2,1-2H3,(H,15,16,17). The minimum absolute atomic E-state index is 0.0242. The molecule has 18 heavy (non-hydrogen) atoms. The van der Waals surface area contributed by atoms with Gasteiger partial charge in [-0.1, -0.05) is 13.8 Å². The Kier molecular flexibility index (Phi) is 4.39. The number of halogens is 4. The van der Waals surface area contributed by atoms with Crippen LogP contribution in [0.4, 0.5) is 19.0 Å². The number of nitrogens with one attached hydrogen (secondary N) is 1. The van der Waals surface area contributed by atoms with Crippen LogP contribution >= 0.6 is 11.6 Å². The molecule has 102 valence electrons. The van der Waals surface area contributed by atoms with Gasteiger partial charge in [0.1, 0.15) is 5.82 Å². The van der Waals surface area contributed by atoms with Gasteiger partial charge < -0.3 is 10.4 Å². The Morgan fingerprint density at radius 3 is 2.44 bits per heavy atom. The largest absolute Gasteiger partial charge is 0.433 e. The number of aliphatic hydroxyl groups is 1. The van der Waals surface area contributed by atoms with Gasteiger partial charge in [0.2, 0.25) is 5.28 Å². The highest BCUT2D eigenvalue weighted by molar-refractivity contribution is 6.28. The van der Waals surface area contributed by atoms with Crippen molar-refractivity contribution < 1.29 is 18.3 Å². The van der Waals surface area contributed by atoms with Crippen LogP contribution in [0.15, 0.2) is 6.07 Å². The molecule has 1 aromatic heterocycles. The van der Waals surface area contributed by atoms with Crippen LogP contribution in [0.2, 0.25) is 5.28 Å². The minimum Gasteiger partial charge on any atom is -0.396 e. The van der Waals surface area contributed by atoms with Gasteiger partial charge in [0.15, 0.2) is 5.69 Å². The van der Waals surface area contributed by atoms with Gasteiger partial charge in [-0.3, -0.25) is 0 Å². The average Bonchev–Trinajstić information content (AvgIpc) is 2.25. The van der Waals surface area contributed by atoms with E-state index in [1.807, 2.05) is 0 Å². The second-order valence-electron chi connectivity index (χ2n) is 4.58. The van der Waals surface area contributed by atoms with Gasteiger partial charge in [0, 0.05) is 24.6 Å². The van der Waals surface area contributed by atoms with Crippen molar-refractivity contribution in [2.24, 2.45) is 5.41 Å². The van der Waals surface area contributed by atoms with Crippen molar-refractivity contribution in [3.05, 3.63) is 17.0 Å². The third-order valence-corrected chi connectivity index (χ3v) is 2.33. The summed E-state index contributed by atoms with van der Waals surface area (Å²) in [7, 11) is 0. The van der Waals surface area contributed by atoms with Crippen LogP contribution in [-0.2, 0) is 6.18 Å². The molecule has 0 fully saturated rings. The van der Waals surface area contributed by atoms with Crippen LogP contribution in [0.3, 0.4) is 0 Å². The third-order valence-electron chi connectivity index (χ3n) is 2.17. The zero-order valence-electron chi connectivity index (χ0n) is 9.85. The number of alkyl halides is 3. The van der Waals surface area contributed by atoms with Crippen LogP contribution in [0.25, 0.3) is 0 Å². The Morgan fingerprint density at radius 2 is 1.94 bits per heavy atom. The zero-order valence-corrected chi connectivity index (χ0v) is 10.6. The first-order valence-electron chi connectivity index (χ1n) is 5.10. The molecular weight excluding hydrogens is 271 g/mol. The summed E-state index contributed by atoms with van der Waals surface area (Å²) in [5.74, 6) is -0.0242. The van der Waals surface area contributed by atoms with E-state index in [-0.39, 0.29) is 19.0 Å². The van der Waals surface area contributed by atoms with E-state index in [1.54, 1.807) is 13.8 Å². The number of anilines is 1. The van der Waals surface area contributed by atoms with Gasteiger partial charge in [-0.15, -0.1) is 0 Å². The van der Waals surface area contributed by atoms with Crippen molar-refractivity contribution in [1.82, 2.24) is 9.97 Å². The van der Waals surface area contributed by atoms with Gasteiger partial charge >= 0.3 is 6.18 Å². The topological polar surface area (TPSA) is 58.0 Å². The van der Waals surface area contributed by atoms with Crippen LogP contribution in [0, 0.1) is 5.41 Å². The molecule has 0 saturated carbocycles. The number of hydrogen-bond donors (Lipinski definition) is 2. The number of hydrogen-bond acceptors (Lipinski definition) is 4. The van der Waals surface area contributed by atoms with E-state index in [0.717, 1.165) is 6.07 Å². The van der Waals surface area contributed by atoms with E-state index < -0.39 is 22.6 Å². The van der Waals surface area contributed by atoms with Crippen molar-refractivity contribution in [3.8, 4) is 0 Å². The fraction of sp³-hybridized carbons (Fsp3) is 0.600. The maximum atomic E-state index is 12.5. The molecule has 0 unspecified atom stereocenters. The zero-order chi connectivity index (χ0) is 14.0. The molecule has 4 nitrogen and oxygen atoms in total. The number of aliphatic hydroxyl groups excluding tert-OH is 1. The van der Waals surface area contributed by atoms with Crippen LogP contribution in [-0.4, -0.2) is 28.2 Å². The maximum absolute atomic E-state index is 12.5. The monoisotopic (exact) mass is 283 g/mol. The minimum atomic E-state index is -4.57. The van der Waals surface area contributed by atoms with Gasteiger partial charge in [0.25, 0.3) is 0 Å².